The molecule has 0 saturated heterocycles. The first-order valence-electron chi connectivity index (χ1n) is 7.68. The fourth-order valence-electron chi connectivity index (χ4n) is 2.33. The Morgan fingerprint density at radius 1 is 1.24 bits per heavy atom. The zero-order chi connectivity index (χ0) is 15.5. The third-order valence-corrected chi connectivity index (χ3v) is 5.52. The summed E-state index contributed by atoms with van der Waals surface area (Å²) < 4.78 is 26.2. The Morgan fingerprint density at radius 2 is 1.86 bits per heavy atom. The second kappa shape index (κ2) is 6.90. The van der Waals surface area contributed by atoms with Crippen LogP contribution in [0.25, 0.3) is 0 Å². The van der Waals surface area contributed by atoms with Gasteiger partial charge in [-0.15, -0.1) is 0 Å². The van der Waals surface area contributed by atoms with Gasteiger partial charge in [0, 0.05) is 19.6 Å². The minimum Gasteiger partial charge on any atom is -0.314 e. The van der Waals surface area contributed by atoms with Gasteiger partial charge in [0.25, 0.3) is 0 Å². The van der Waals surface area contributed by atoms with Crippen LogP contribution >= 0.6 is 0 Å². The molecular weight excluding hydrogens is 284 g/mol. The molecule has 0 amide bonds. The zero-order valence-corrected chi connectivity index (χ0v) is 14.0. The molecule has 1 fully saturated rings. The van der Waals surface area contributed by atoms with Gasteiger partial charge in [0.2, 0.25) is 10.0 Å². The van der Waals surface area contributed by atoms with Crippen molar-refractivity contribution in [1.82, 2.24) is 9.62 Å². The molecule has 1 N–H and O–H groups in total. The summed E-state index contributed by atoms with van der Waals surface area (Å²) in [6.45, 7) is 5.53. The number of sulfonamides is 1. The van der Waals surface area contributed by atoms with Crippen molar-refractivity contribution in [2.75, 3.05) is 20.1 Å². The number of rotatable bonds is 8. The lowest BCUT2D eigenvalue weighted by atomic mass is 10.1. The second-order valence-corrected chi connectivity index (χ2v) is 8.35. The quantitative estimate of drug-likeness (QED) is 0.801. The van der Waals surface area contributed by atoms with E-state index in [0.29, 0.717) is 23.4 Å². The van der Waals surface area contributed by atoms with Gasteiger partial charge in [-0.25, -0.2) is 12.7 Å². The van der Waals surface area contributed by atoms with E-state index in [1.54, 1.807) is 19.2 Å². The summed E-state index contributed by atoms with van der Waals surface area (Å²) in [4.78, 5) is 0.379. The van der Waals surface area contributed by atoms with Crippen molar-refractivity contribution in [3.8, 4) is 0 Å². The highest BCUT2D eigenvalue weighted by Crippen LogP contribution is 2.19. The molecule has 2 rings (SSSR count). The van der Waals surface area contributed by atoms with Crippen molar-refractivity contribution in [2.24, 2.45) is 5.92 Å². The van der Waals surface area contributed by atoms with Crippen molar-refractivity contribution in [2.45, 2.75) is 44.0 Å². The van der Waals surface area contributed by atoms with Gasteiger partial charge in [-0.3, -0.25) is 0 Å². The predicted octanol–water partition coefficient (Wildman–Crippen LogP) is 2.26. The molecule has 1 aromatic carbocycles. The van der Waals surface area contributed by atoms with Gasteiger partial charge in [0.05, 0.1) is 4.90 Å². The van der Waals surface area contributed by atoms with Gasteiger partial charge in [-0.2, -0.15) is 0 Å². The van der Waals surface area contributed by atoms with E-state index in [4.69, 9.17) is 0 Å². The summed E-state index contributed by atoms with van der Waals surface area (Å²) in [5.74, 6) is 0.317. The SMILES string of the molecule is CC(C)CN(C)S(=O)(=O)c1ccc(CCNC2CC2)cc1. The van der Waals surface area contributed by atoms with Crippen LogP contribution in [0.2, 0.25) is 0 Å². The molecule has 0 radical (unpaired) electrons. The van der Waals surface area contributed by atoms with Crippen molar-refractivity contribution >= 4 is 10.0 Å². The second-order valence-electron chi connectivity index (χ2n) is 6.30. The standard InChI is InChI=1S/C16H26N2O2S/c1-13(2)12-18(3)21(19,20)16-8-4-14(5-9-16)10-11-17-15-6-7-15/h4-5,8-9,13,15,17H,6-7,10-12H2,1-3H3. The maximum Gasteiger partial charge on any atom is 0.242 e. The third kappa shape index (κ3) is 4.80. The fraction of sp³-hybridized carbons (Fsp3) is 0.625. The van der Waals surface area contributed by atoms with Crippen LogP contribution < -0.4 is 5.32 Å². The molecule has 4 nitrogen and oxygen atoms in total. The van der Waals surface area contributed by atoms with Gasteiger partial charge in [0.15, 0.2) is 0 Å². The normalized spacial score (nSPS) is 15.9. The molecule has 0 aromatic heterocycles. The van der Waals surface area contributed by atoms with Crippen LogP contribution in [0.1, 0.15) is 32.3 Å². The van der Waals surface area contributed by atoms with E-state index in [0.717, 1.165) is 13.0 Å². The predicted molar refractivity (Wildman–Crippen MR) is 85.8 cm³/mol. The van der Waals surface area contributed by atoms with Gasteiger partial charge < -0.3 is 5.32 Å². The van der Waals surface area contributed by atoms with Gasteiger partial charge in [-0.05, 0) is 49.4 Å². The number of nitrogens with one attached hydrogen (secondary N) is 1. The van der Waals surface area contributed by atoms with Crippen LogP contribution in [0.4, 0.5) is 0 Å². The van der Waals surface area contributed by atoms with E-state index in [2.05, 4.69) is 5.32 Å². The summed E-state index contributed by atoms with van der Waals surface area (Å²) in [5, 5.41) is 3.46. The van der Waals surface area contributed by atoms with Crippen LogP contribution in [0.15, 0.2) is 29.2 Å². The minimum atomic E-state index is -3.36. The van der Waals surface area contributed by atoms with Crippen LogP contribution in [0, 0.1) is 5.92 Å². The van der Waals surface area contributed by atoms with Gasteiger partial charge >= 0.3 is 0 Å². The highest BCUT2D eigenvalue weighted by Gasteiger charge is 2.21. The number of hydrogen-bond donors (Lipinski definition) is 1. The van der Waals surface area contributed by atoms with E-state index < -0.39 is 10.0 Å². The van der Waals surface area contributed by atoms with E-state index >= 15 is 0 Å². The third-order valence-electron chi connectivity index (χ3n) is 3.68. The molecule has 0 unspecified atom stereocenters. The molecule has 0 spiro atoms. The maximum absolute atomic E-state index is 12.4. The van der Waals surface area contributed by atoms with Crippen molar-refractivity contribution < 1.29 is 8.42 Å². The Morgan fingerprint density at radius 3 is 2.38 bits per heavy atom. The zero-order valence-electron chi connectivity index (χ0n) is 13.2. The average Bonchev–Trinajstić information content (AvgIpc) is 3.22. The number of hydrogen-bond acceptors (Lipinski definition) is 3. The Bertz CT molecular complexity index is 548. The minimum absolute atomic E-state index is 0.317. The van der Waals surface area contributed by atoms with Crippen molar-refractivity contribution in [3.05, 3.63) is 29.8 Å². The molecule has 5 heteroatoms. The molecule has 1 aliphatic rings. The first kappa shape index (κ1) is 16.5. The highest BCUT2D eigenvalue weighted by molar-refractivity contribution is 7.89. The fourth-order valence-corrected chi connectivity index (χ4v) is 3.66. The molecule has 0 aliphatic heterocycles. The Kier molecular flexibility index (Phi) is 5.41. The molecule has 1 aromatic rings. The largest absolute Gasteiger partial charge is 0.314 e. The summed E-state index contributed by atoms with van der Waals surface area (Å²) in [5.41, 5.74) is 1.17. The number of benzene rings is 1. The van der Waals surface area contributed by atoms with E-state index in [-0.39, 0.29) is 0 Å². The summed E-state index contributed by atoms with van der Waals surface area (Å²) >= 11 is 0. The highest BCUT2D eigenvalue weighted by atomic mass is 32.2. The monoisotopic (exact) mass is 310 g/mol. The molecule has 21 heavy (non-hydrogen) atoms. The van der Waals surface area contributed by atoms with E-state index in [1.165, 1.54) is 22.7 Å². The van der Waals surface area contributed by atoms with Crippen molar-refractivity contribution in [3.63, 3.8) is 0 Å². The summed E-state index contributed by atoms with van der Waals surface area (Å²) in [6.07, 6.45) is 3.53. The van der Waals surface area contributed by atoms with Crippen LogP contribution in [-0.2, 0) is 16.4 Å². The molecule has 0 heterocycles. The Labute approximate surface area is 128 Å². The smallest absolute Gasteiger partial charge is 0.242 e. The lowest BCUT2D eigenvalue weighted by molar-refractivity contribution is 0.417. The topological polar surface area (TPSA) is 49.4 Å². The Hall–Kier alpha value is -0.910. The molecule has 0 bridgehead atoms. The van der Waals surface area contributed by atoms with Crippen LogP contribution in [0.5, 0.6) is 0 Å². The summed E-state index contributed by atoms with van der Waals surface area (Å²) in [6, 6.07) is 8.00. The van der Waals surface area contributed by atoms with Crippen LogP contribution in [0.3, 0.4) is 0 Å². The van der Waals surface area contributed by atoms with Gasteiger partial charge in [-0.1, -0.05) is 26.0 Å². The van der Waals surface area contributed by atoms with Crippen LogP contribution in [-0.4, -0.2) is 38.9 Å². The molecule has 1 aliphatic carbocycles. The van der Waals surface area contributed by atoms with Gasteiger partial charge in [0.1, 0.15) is 0 Å². The molecule has 118 valence electrons. The first-order valence-corrected chi connectivity index (χ1v) is 9.12. The van der Waals surface area contributed by atoms with E-state index in [9.17, 15) is 8.42 Å². The van der Waals surface area contributed by atoms with E-state index in [1.807, 2.05) is 26.0 Å². The first-order chi connectivity index (χ1) is 9.89. The molecule has 0 atom stereocenters. The average molecular weight is 310 g/mol. The maximum atomic E-state index is 12.4. The lowest BCUT2D eigenvalue weighted by Crippen LogP contribution is -2.30. The lowest BCUT2D eigenvalue weighted by Gasteiger charge is -2.19. The number of nitrogens with zero attached hydrogens (tertiary/aromatic N) is 1. The molecule has 1 saturated carbocycles. The molecular formula is C16H26N2O2S. The summed E-state index contributed by atoms with van der Waals surface area (Å²) in [7, 11) is -1.72. The Balaban J connectivity index is 1.96. The van der Waals surface area contributed by atoms with Crippen molar-refractivity contribution in [1.29, 1.82) is 0 Å².